The van der Waals surface area contributed by atoms with Crippen molar-refractivity contribution < 1.29 is 9.18 Å². The number of hydrogen-bond donors (Lipinski definition) is 2. The second-order valence-electron chi connectivity index (χ2n) is 7.18. The number of likely N-dealkylation sites (tertiary alicyclic amines) is 1. The van der Waals surface area contributed by atoms with Crippen LogP contribution < -0.4 is 10.6 Å². The van der Waals surface area contributed by atoms with Crippen molar-refractivity contribution in [1.82, 2.24) is 15.5 Å². The van der Waals surface area contributed by atoms with Crippen LogP contribution in [0.15, 0.2) is 54.6 Å². The van der Waals surface area contributed by atoms with Crippen molar-refractivity contribution in [2.24, 2.45) is 5.92 Å². The van der Waals surface area contributed by atoms with E-state index in [1.165, 1.54) is 11.6 Å². The van der Waals surface area contributed by atoms with E-state index in [0.29, 0.717) is 31.0 Å². The van der Waals surface area contributed by atoms with Gasteiger partial charge in [-0.2, -0.15) is 0 Å². The smallest absolute Gasteiger partial charge is 0.314 e. The molecule has 3 rings (SSSR count). The van der Waals surface area contributed by atoms with E-state index in [1.54, 1.807) is 12.1 Å². The summed E-state index contributed by atoms with van der Waals surface area (Å²) in [4.78, 5) is 14.4. The largest absolute Gasteiger partial charge is 0.338 e. The number of nitrogens with zero attached hydrogens (tertiary/aromatic N) is 1. The minimum absolute atomic E-state index is 0.168. The number of halogens is 1. The van der Waals surface area contributed by atoms with Crippen molar-refractivity contribution in [1.29, 1.82) is 0 Å². The second kappa shape index (κ2) is 10.1. The molecule has 1 aliphatic rings. The predicted octanol–water partition coefficient (Wildman–Crippen LogP) is 3.58. The lowest BCUT2D eigenvalue weighted by molar-refractivity contribution is 0.175. The van der Waals surface area contributed by atoms with Crippen LogP contribution in [-0.4, -0.2) is 37.1 Å². The highest BCUT2D eigenvalue weighted by Crippen LogP contribution is 2.18. The van der Waals surface area contributed by atoms with Gasteiger partial charge in [-0.15, -0.1) is 0 Å². The quantitative estimate of drug-likeness (QED) is 0.784. The lowest BCUT2D eigenvalue weighted by atomic mass is 9.96. The molecule has 27 heavy (non-hydrogen) atoms. The van der Waals surface area contributed by atoms with E-state index < -0.39 is 0 Å². The predicted molar refractivity (Wildman–Crippen MR) is 106 cm³/mol. The first-order valence-electron chi connectivity index (χ1n) is 9.72. The fraction of sp³-hybridized carbons (Fsp3) is 0.409. The number of rotatable bonds is 7. The number of hydrogen-bond acceptors (Lipinski definition) is 2. The maximum atomic E-state index is 13.5. The molecule has 0 aromatic heterocycles. The summed E-state index contributed by atoms with van der Waals surface area (Å²) in [5.41, 5.74) is 1.98. The van der Waals surface area contributed by atoms with Crippen LogP contribution >= 0.6 is 0 Å². The Bertz CT molecular complexity index is 715. The van der Waals surface area contributed by atoms with Gasteiger partial charge in [-0.25, -0.2) is 9.18 Å². The van der Waals surface area contributed by atoms with Crippen LogP contribution in [0.1, 0.15) is 24.0 Å². The molecule has 1 fully saturated rings. The molecular weight excluding hydrogens is 341 g/mol. The van der Waals surface area contributed by atoms with Gasteiger partial charge in [0.1, 0.15) is 5.82 Å². The van der Waals surface area contributed by atoms with Crippen molar-refractivity contribution in [3.63, 3.8) is 0 Å². The number of benzene rings is 2. The van der Waals surface area contributed by atoms with Crippen LogP contribution in [0.5, 0.6) is 0 Å². The second-order valence-corrected chi connectivity index (χ2v) is 7.18. The molecule has 5 heteroatoms. The van der Waals surface area contributed by atoms with Gasteiger partial charge in [-0.3, -0.25) is 4.90 Å². The lowest BCUT2D eigenvalue weighted by Crippen LogP contribution is -2.42. The van der Waals surface area contributed by atoms with Crippen molar-refractivity contribution in [3.8, 4) is 0 Å². The molecule has 0 saturated carbocycles. The molecule has 0 radical (unpaired) electrons. The Morgan fingerprint density at radius 2 is 1.70 bits per heavy atom. The zero-order valence-corrected chi connectivity index (χ0v) is 15.7. The van der Waals surface area contributed by atoms with Gasteiger partial charge in [-0.1, -0.05) is 48.5 Å². The first kappa shape index (κ1) is 19.4. The number of carbonyl (C=O) groups is 1. The first-order valence-corrected chi connectivity index (χ1v) is 9.72. The van der Waals surface area contributed by atoms with Gasteiger partial charge in [0, 0.05) is 19.6 Å². The van der Waals surface area contributed by atoms with E-state index in [4.69, 9.17) is 0 Å². The maximum absolute atomic E-state index is 13.5. The summed E-state index contributed by atoms with van der Waals surface area (Å²) in [5, 5.41) is 5.77. The fourth-order valence-corrected chi connectivity index (χ4v) is 3.50. The summed E-state index contributed by atoms with van der Waals surface area (Å²) < 4.78 is 13.5. The SMILES string of the molecule is O=C(NCCc1ccccc1F)NCC1CCN(Cc2ccccc2)CC1. The van der Waals surface area contributed by atoms with Crippen LogP contribution in [0, 0.1) is 11.7 Å². The van der Waals surface area contributed by atoms with Crippen molar-refractivity contribution >= 4 is 6.03 Å². The molecule has 2 N–H and O–H groups in total. The summed E-state index contributed by atoms with van der Waals surface area (Å²) in [6.45, 7) is 4.26. The third-order valence-electron chi connectivity index (χ3n) is 5.15. The van der Waals surface area contributed by atoms with E-state index in [9.17, 15) is 9.18 Å². The van der Waals surface area contributed by atoms with Crippen molar-refractivity contribution in [2.45, 2.75) is 25.8 Å². The standard InChI is InChI=1S/C22H28FN3O/c23-21-9-5-4-8-20(21)10-13-24-22(27)25-16-18-11-14-26(15-12-18)17-19-6-2-1-3-7-19/h1-9,18H,10-17H2,(H2,24,25,27). The van der Waals surface area contributed by atoms with Crippen LogP contribution in [-0.2, 0) is 13.0 Å². The zero-order chi connectivity index (χ0) is 18.9. The van der Waals surface area contributed by atoms with E-state index in [0.717, 1.165) is 32.5 Å². The Morgan fingerprint density at radius 3 is 2.44 bits per heavy atom. The van der Waals surface area contributed by atoms with Crippen molar-refractivity contribution in [3.05, 3.63) is 71.5 Å². The van der Waals surface area contributed by atoms with Gasteiger partial charge in [0.15, 0.2) is 0 Å². The number of urea groups is 1. The summed E-state index contributed by atoms with van der Waals surface area (Å²) in [5.74, 6) is 0.302. The molecule has 4 nitrogen and oxygen atoms in total. The summed E-state index contributed by atoms with van der Waals surface area (Å²) in [6.07, 6.45) is 2.70. The Hall–Kier alpha value is -2.40. The highest BCUT2D eigenvalue weighted by Gasteiger charge is 2.19. The number of nitrogens with one attached hydrogen (secondary N) is 2. The van der Waals surface area contributed by atoms with Crippen LogP contribution in [0.2, 0.25) is 0 Å². The highest BCUT2D eigenvalue weighted by atomic mass is 19.1. The van der Waals surface area contributed by atoms with Crippen LogP contribution in [0.25, 0.3) is 0 Å². The Balaban J connectivity index is 1.29. The van der Waals surface area contributed by atoms with Gasteiger partial charge >= 0.3 is 6.03 Å². The molecule has 0 aliphatic carbocycles. The van der Waals surface area contributed by atoms with Crippen molar-refractivity contribution in [2.75, 3.05) is 26.2 Å². The number of carbonyl (C=O) groups excluding carboxylic acids is 1. The lowest BCUT2D eigenvalue weighted by Gasteiger charge is -2.32. The molecule has 0 spiro atoms. The van der Waals surface area contributed by atoms with Gasteiger partial charge in [-0.05, 0) is 55.5 Å². The van der Waals surface area contributed by atoms with Gasteiger partial charge in [0.2, 0.25) is 0 Å². The molecule has 2 aromatic carbocycles. The molecule has 1 aliphatic heterocycles. The number of amides is 2. The van der Waals surface area contributed by atoms with Gasteiger partial charge < -0.3 is 10.6 Å². The average Bonchev–Trinajstić information content (AvgIpc) is 2.70. The number of piperidine rings is 1. The summed E-state index contributed by atoms with van der Waals surface area (Å²) in [7, 11) is 0. The normalized spacial score (nSPS) is 15.4. The summed E-state index contributed by atoms with van der Waals surface area (Å²) >= 11 is 0. The molecule has 2 amide bonds. The van der Waals surface area contributed by atoms with E-state index >= 15 is 0 Å². The molecule has 0 atom stereocenters. The topological polar surface area (TPSA) is 44.4 Å². The minimum atomic E-state index is -0.220. The zero-order valence-electron chi connectivity index (χ0n) is 15.7. The Morgan fingerprint density at radius 1 is 1.00 bits per heavy atom. The van der Waals surface area contributed by atoms with Gasteiger partial charge in [0.25, 0.3) is 0 Å². The monoisotopic (exact) mass is 369 g/mol. The van der Waals surface area contributed by atoms with E-state index in [-0.39, 0.29) is 11.8 Å². The molecule has 1 heterocycles. The Labute approximate surface area is 160 Å². The average molecular weight is 369 g/mol. The highest BCUT2D eigenvalue weighted by molar-refractivity contribution is 5.73. The third kappa shape index (κ3) is 6.36. The molecule has 1 saturated heterocycles. The molecule has 0 bridgehead atoms. The molecule has 144 valence electrons. The third-order valence-corrected chi connectivity index (χ3v) is 5.15. The summed E-state index contributed by atoms with van der Waals surface area (Å²) in [6, 6.07) is 17.0. The molecular formula is C22H28FN3O. The Kier molecular flexibility index (Phi) is 7.22. The van der Waals surface area contributed by atoms with E-state index in [2.05, 4.69) is 39.8 Å². The minimum Gasteiger partial charge on any atom is -0.338 e. The van der Waals surface area contributed by atoms with Crippen LogP contribution in [0.3, 0.4) is 0 Å². The van der Waals surface area contributed by atoms with Gasteiger partial charge in [0.05, 0.1) is 0 Å². The first-order chi connectivity index (χ1) is 13.2. The maximum Gasteiger partial charge on any atom is 0.314 e. The fourth-order valence-electron chi connectivity index (χ4n) is 3.50. The van der Waals surface area contributed by atoms with E-state index in [1.807, 2.05) is 12.1 Å². The van der Waals surface area contributed by atoms with Crippen LogP contribution in [0.4, 0.5) is 9.18 Å². The molecule has 0 unspecified atom stereocenters. The molecule has 2 aromatic rings.